The van der Waals surface area contributed by atoms with Crippen molar-refractivity contribution in [3.63, 3.8) is 0 Å². The summed E-state index contributed by atoms with van der Waals surface area (Å²) in [6, 6.07) is 6.57. The highest BCUT2D eigenvalue weighted by atomic mass is 16.5. The van der Waals surface area contributed by atoms with Gasteiger partial charge in [-0.3, -0.25) is 4.79 Å². The lowest BCUT2D eigenvalue weighted by Crippen LogP contribution is -2.36. The van der Waals surface area contributed by atoms with Gasteiger partial charge in [-0.15, -0.1) is 0 Å². The summed E-state index contributed by atoms with van der Waals surface area (Å²) in [6.45, 7) is 5.81. The third-order valence-electron chi connectivity index (χ3n) is 3.55. The van der Waals surface area contributed by atoms with Crippen molar-refractivity contribution in [1.82, 2.24) is 0 Å². The number of carbonyl (C=O) groups is 1. The predicted octanol–water partition coefficient (Wildman–Crippen LogP) is 2.56. The maximum absolute atomic E-state index is 11.5. The smallest absolute Gasteiger partial charge is 0.310 e. The zero-order chi connectivity index (χ0) is 13.1. The number of aryl methyl sites for hydroxylation is 2. The van der Waals surface area contributed by atoms with Gasteiger partial charge >= 0.3 is 5.97 Å². The Morgan fingerprint density at radius 2 is 2.28 bits per heavy atom. The molecule has 18 heavy (non-hydrogen) atoms. The quantitative estimate of drug-likeness (QED) is 0.769. The van der Waals surface area contributed by atoms with E-state index in [4.69, 9.17) is 4.74 Å². The van der Waals surface area contributed by atoms with Crippen LogP contribution in [0.5, 0.6) is 0 Å². The Labute approximate surface area is 109 Å². The summed E-state index contributed by atoms with van der Waals surface area (Å²) in [5.41, 5.74) is 3.98. The first-order chi connectivity index (χ1) is 8.61. The number of rotatable bonds is 3. The molecule has 1 aliphatic rings. The van der Waals surface area contributed by atoms with E-state index in [9.17, 15) is 4.79 Å². The summed E-state index contributed by atoms with van der Waals surface area (Å²) in [5, 5.41) is 0. The number of fused-ring (bicyclic) bond motifs is 1. The van der Waals surface area contributed by atoms with Crippen molar-refractivity contribution in [3.8, 4) is 0 Å². The number of benzene rings is 1. The maximum atomic E-state index is 11.5. The van der Waals surface area contributed by atoms with Crippen molar-refractivity contribution in [1.29, 1.82) is 0 Å². The SMILES string of the molecule is COC(=O)C(C)CN1CCCc2cc(C)ccc21. The van der Waals surface area contributed by atoms with Gasteiger partial charge in [-0.05, 0) is 31.4 Å². The number of ether oxygens (including phenoxy) is 1. The molecule has 0 saturated heterocycles. The summed E-state index contributed by atoms with van der Waals surface area (Å²) in [6.07, 6.45) is 2.30. The number of hydrogen-bond donors (Lipinski definition) is 0. The molecule has 98 valence electrons. The van der Waals surface area contributed by atoms with Crippen LogP contribution in [-0.4, -0.2) is 26.2 Å². The lowest BCUT2D eigenvalue weighted by atomic mass is 9.98. The molecule has 0 fully saturated rings. The van der Waals surface area contributed by atoms with Gasteiger partial charge in [-0.2, -0.15) is 0 Å². The third-order valence-corrected chi connectivity index (χ3v) is 3.55. The normalized spacial score (nSPS) is 16.1. The van der Waals surface area contributed by atoms with Crippen molar-refractivity contribution in [2.75, 3.05) is 25.1 Å². The van der Waals surface area contributed by atoms with Crippen LogP contribution >= 0.6 is 0 Å². The van der Waals surface area contributed by atoms with Gasteiger partial charge in [-0.1, -0.05) is 24.6 Å². The molecule has 0 spiro atoms. The molecule has 1 aromatic rings. The molecule has 2 rings (SSSR count). The monoisotopic (exact) mass is 247 g/mol. The highest BCUT2D eigenvalue weighted by molar-refractivity contribution is 5.73. The van der Waals surface area contributed by atoms with Crippen molar-refractivity contribution >= 4 is 11.7 Å². The fraction of sp³-hybridized carbons (Fsp3) is 0.533. The Balaban J connectivity index is 2.15. The highest BCUT2D eigenvalue weighted by Gasteiger charge is 2.22. The van der Waals surface area contributed by atoms with Gasteiger partial charge in [0, 0.05) is 18.8 Å². The van der Waals surface area contributed by atoms with Crippen molar-refractivity contribution in [2.45, 2.75) is 26.7 Å². The molecule has 0 bridgehead atoms. The zero-order valence-electron chi connectivity index (χ0n) is 11.4. The van der Waals surface area contributed by atoms with E-state index in [0.717, 1.165) is 25.9 Å². The first kappa shape index (κ1) is 12.9. The molecule has 1 unspecified atom stereocenters. The summed E-state index contributed by atoms with van der Waals surface area (Å²) in [5.74, 6) is -0.212. The molecule has 0 saturated carbocycles. The van der Waals surface area contributed by atoms with Crippen LogP contribution in [0, 0.1) is 12.8 Å². The zero-order valence-corrected chi connectivity index (χ0v) is 11.4. The molecule has 3 nitrogen and oxygen atoms in total. The Kier molecular flexibility index (Phi) is 3.90. The van der Waals surface area contributed by atoms with Gasteiger partial charge in [0.2, 0.25) is 0 Å². The van der Waals surface area contributed by atoms with Crippen LogP contribution in [0.1, 0.15) is 24.5 Å². The lowest BCUT2D eigenvalue weighted by molar-refractivity contribution is -0.144. The van der Waals surface area contributed by atoms with Crippen LogP contribution in [-0.2, 0) is 16.0 Å². The second-order valence-electron chi connectivity index (χ2n) is 5.11. The van der Waals surface area contributed by atoms with E-state index in [0.29, 0.717) is 0 Å². The summed E-state index contributed by atoms with van der Waals surface area (Å²) < 4.78 is 4.80. The molecular formula is C15H21NO2. The van der Waals surface area contributed by atoms with Gasteiger partial charge in [0.05, 0.1) is 13.0 Å². The largest absolute Gasteiger partial charge is 0.469 e. The molecule has 0 N–H and O–H groups in total. The van der Waals surface area contributed by atoms with Crippen LogP contribution < -0.4 is 4.90 Å². The van der Waals surface area contributed by atoms with Crippen LogP contribution in [0.25, 0.3) is 0 Å². The van der Waals surface area contributed by atoms with E-state index in [1.807, 2.05) is 6.92 Å². The molecule has 3 heteroatoms. The number of esters is 1. The fourth-order valence-corrected chi connectivity index (χ4v) is 2.60. The molecule has 0 aromatic heterocycles. The van der Waals surface area contributed by atoms with E-state index >= 15 is 0 Å². The first-order valence-corrected chi connectivity index (χ1v) is 6.54. The number of carbonyl (C=O) groups excluding carboxylic acids is 1. The summed E-state index contributed by atoms with van der Waals surface area (Å²) >= 11 is 0. The second-order valence-corrected chi connectivity index (χ2v) is 5.11. The number of methoxy groups -OCH3 is 1. The molecule has 1 aliphatic heterocycles. The Bertz CT molecular complexity index is 442. The molecule has 0 aliphatic carbocycles. The molecule has 1 heterocycles. The highest BCUT2D eigenvalue weighted by Crippen LogP contribution is 2.28. The van der Waals surface area contributed by atoms with Crippen LogP contribution in [0.2, 0.25) is 0 Å². The first-order valence-electron chi connectivity index (χ1n) is 6.54. The molecule has 0 amide bonds. The molecule has 1 atom stereocenters. The van der Waals surface area contributed by atoms with Crippen molar-refractivity contribution in [2.24, 2.45) is 5.92 Å². The van der Waals surface area contributed by atoms with Crippen molar-refractivity contribution in [3.05, 3.63) is 29.3 Å². The number of anilines is 1. The second kappa shape index (κ2) is 5.42. The van der Waals surface area contributed by atoms with Gasteiger partial charge in [-0.25, -0.2) is 0 Å². The molecule has 0 radical (unpaired) electrons. The van der Waals surface area contributed by atoms with Gasteiger partial charge in [0.15, 0.2) is 0 Å². The number of hydrogen-bond acceptors (Lipinski definition) is 3. The molecule has 1 aromatic carbocycles. The Morgan fingerprint density at radius 3 is 3.00 bits per heavy atom. The van der Waals surface area contributed by atoms with Crippen LogP contribution in [0.3, 0.4) is 0 Å². The van der Waals surface area contributed by atoms with Gasteiger partial charge in [0.1, 0.15) is 0 Å². The van der Waals surface area contributed by atoms with Gasteiger partial charge < -0.3 is 9.64 Å². The van der Waals surface area contributed by atoms with Gasteiger partial charge in [0.25, 0.3) is 0 Å². The van der Waals surface area contributed by atoms with E-state index in [1.54, 1.807) is 0 Å². The lowest BCUT2D eigenvalue weighted by Gasteiger charge is -2.33. The number of nitrogens with zero attached hydrogens (tertiary/aromatic N) is 1. The Hall–Kier alpha value is -1.51. The van der Waals surface area contributed by atoms with Crippen LogP contribution in [0.15, 0.2) is 18.2 Å². The Morgan fingerprint density at radius 1 is 1.50 bits per heavy atom. The van der Waals surface area contributed by atoms with E-state index in [-0.39, 0.29) is 11.9 Å². The van der Waals surface area contributed by atoms with Crippen LogP contribution in [0.4, 0.5) is 5.69 Å². The predicted molar refractivity (Wildman–Crippen MR) is 72.9 cm³/mol. The minimum Gasteiger partial charge on any atom is -0.469 e. The summed E-state index contributed by atoms with van der Waals surface area (Å²) in [7, 11) is 1.45. The summed E-state index contributed by atoms with van der Waals surface area (Å²) in [4.78, 5) is 13.8. The minimum absolute atomic E-state index is 0.0812. The third kappa shape index (κ3) is 2.66. The average molecular weight is 247 g/mol. The topological polar surface area (TPSA) is 29.5 Å². The standard InChI is InChI=1S/C15H21NO2/c1-11-6-7-14-13(9-11)5-4-8-16(14)10-12(2)15(17)18-3/h6-7,9,12H,4-5,8,10H2,1-3H3. The maximum Gasteiger partial charge on any atom is 0.310 e. The van der Waals surface area contributed by atoms with E-state index in [1.165, 1.54) is 23.9 Å². The molecular weight excluding hydrogens is 226 g/mol. The van der Waals surface area contributed by atoms with E-state index < -0.39 is 0 Å². The van der Waals surface area contributed by atoms with Crippen molar-refractivity contribution < 1.29 is 9.53 Å². The fourth-order valence-electron chi connectivity index (χ4n) is 2.60. The minimum atomic E-state index is -0.130. The van der Waals surface area contributed by atoms with E-state index in [2.05, 4.69) is 30.0 Å². The average Bonchev–Trinajstić information content (AvgIpc) is 2.37.